The highest BCUT2D eigenvalue weighted by molar-refractivity contribution is 9.11. The van der Waals surface area contributed by atoms with Crippen LogP contribution in [0.25, 0.3) is 0 Å². The molecule has 10 heteroatoms. The normalized spacial score (nSPS) is 11.6. The average Bonchev–Trinajstić information content (AvgIpc) is 2.82. The minimum Gasteiger partial charge on any atom is -0.478 e. The van der Waals surface area contributed by atoms with Gasteiger partial charge in [0.05, 0.1) is 9.48 Å². The van der Waals surface area contributed by atoms with Crippen LogP contribution in [0.4, 0.5) is 5.00 Å². The first-order chi connectivity index (χ1) is 9.22. The Labute approximate surface area is 131 Å². The summed E-state index contributed by atoms with van der Waals surface area (Å²) in [6, 6.07) is 1.48. The van der Waals surface area contributed by atoms with Gasteiger partial charge >= 0.3 is 5.97 Å². The number of hydrogen-bond donors (Lipinski definition) is 2. The Kier molecular flexibility index (Phi) is 4.19. The Bertz CT molecular complexity index is 779. The Morgan fingerprint density at radius 3 is 2.60 bits per heavy atom. The number of carbonyl (C=O) groups is 1. The molecule has 108 valence electrons. The van der Waals surface area contributed by atoms with Crippen molar-refractivity contribution in [3.8, 4) is 0 Å². The van der Waals surface area contributed by atoms with Gasteiger partial charge < -0.3 is 5.11 Å². The second-order valence-corrected chi connectivity index (χ2v) is 8.91. The van der Waals surface area contributed by atoms with Gasteiger partial charge in [0.25, 0.3) is 10.0 Å². The molecule has 0 fully saturated rings. The molecule has 0 aliphatic heterocycles. The lowest BCUT2D eigenvalue weighted by Crippen LogP contribution is -2.14. The number of aromatic nitrogens is 1. The third-order valence-electron chi connectivity index (χ3n) is 2.44. The summed E-state index contributed by atoms with van der Waals surface area (Å²) in [4.78, 5) is 11.9. The van der Waals surface area contributed by atoms with E-state index in [2.05, 4.69) is 25.0 Å². The van der Waals surface area contributed by atoms with E-state index in [9.17, 15) is 13.2 Å². The van der Waals surface area contributed by atoms with Crippen molar-refractivity contribution in [2.75, 3.05) is 4.72 Å². The van der Waals surface area contributed by atoms with Crippen LogP contribution in [-0.4, -0.2) is 23.9 Å². The number of hydrogen-bond acceptors (Lipinski definition) is 6. The maximum atomic E-state index is 12.3. The molecule has 6 nitrogen and oxygen atoms in total. The Morgan fingerprint density at radius 2 is 2.10 bits per heavy atom. The lowest BCUT2D eigenvalue weighted by atomic mass is 10.2. The van der Waals surface area contributed by atoms with Crippen LogP contribution >= 0.6 is 38.8 Å². The summed E-state index contributed by atoms with van der Waals surface area (Å²) in [6.07, 6.45) is 0. The number of rotatable bonds is 4. The molecule has 0 spiro atoms. The first kappa shape index (κ1) is 15.4. The summed E-state index contributed by atoms with van der Waals surface area (Å²) >= 11 is 5.33. The molecule has 0 saturated carbocycles. The molecule has 0 aromatic carbocycles. The monoisotopic (exact) mass is 396 g/mol. The summed E-state index contributed by atoms with van der Waals surface area (Å²) in [5, 5.41) is 9.10. The van der Waals surface area contributed by atoms with Gasteiger partial charge in [-0.15, -0.1) is 11.3 Å². The molecule has 2 aromatic rings. The average molecular weight is 397 g/mol. The summed E-state index contributed by atoms with van der Waals surface area (Å²) in [6.45, 7) is 3.20. The van der Waals surface area contributed by atoms with Crippen LogP contribution in [0.5, 0.6) is 0 Å². The van der Waals surface area contributed by atoms with E-state index < -0.39 is 16.0 Å². The molecule has 0 aliphatic carbocycles. The molecule has 0 saturated heterocycles. The van der Waals surface area contributed by atoms with Gasteiger partial charge in [-0.1, -0.05) is 0 Å². The largest absolute Gasteiger partial charge is 0.478 e. The molecular weight excluding hydrogens is 388 g/mol. The Balaban J connectivity index is 2.44. The van der Waals surface area contributed by atoms with E-state index in [1.807, 2.05) is 0 Å². The van der Waals surface area contributed by atoms with Gasteiger partial charge in [0, 0.05) is 4.88 Å². The van der Waals surface area contributed by atoms with Crippen LogP contribution in [-0.2, 0) is 10.0 Å². The number of nitrogens with one attached hydrogen (secondary N) is 1. The third-order valence-corrected chi connectivity index (χ3v) is 6.58. The Hall–Kier alpha value is -0.970. The van der Waals surface area contributed by atoms with E-state index in [-0.39, 0.29) is 21.2 Å². The quantitative estimate of drug-likeness (QED) is 0.827. The second-order valence-electron chi connectivity index (χ2n) is 3.85. The van der Waals surface area contributed by atoms with Crippen LogP contribution in [0.15, 0.2) is 14.7 Å². The molecule has 0 atom stereocenters. The number of aryl methyl sites for hydroxylation is 2. The summed E-state index contributed by atoms with van der Waals surface area (Å²) < 4.78 is 31.4. The number of nitrogens with zero attached hydrogens (tertiary/aromatic N) is 1. The molecule has 0 bridgehead atoms. The molecule has 2 N–H and O–H groups in total. The zero-order valence-corrected chi connectivity index (χ0v) is 14.3. The summed E-state index contributed by atoms with van der Waals surface area (Å²) in [5.74, 6) is -1.21. The fraction of sp³-hybridized carbons (Fsp3) is 0.200. The van der Waals surface area contributed by atoms with Crippen molar-refractivity contribution in [1.82, 2.24) is 4.37 Å². The van der Waals surface area contributed by atoms with E-state index in [0.717, 1.165) is 11.5 Å². The van der Waals surface area contributed by atoms with Crippen molar-refractivity contribution < 1.29 is 18.3 Å². The SMILES string of the molecule is Cc1nsc(NS(=O)(=O)c2cc(Br)sc2C)c1C(=O)O. The minimum atomic E-state index is -3.83. The number of aromatic carboxylic acids is 1. The lowest BCUT2D eigenvalue weighted by Gasteiger charge is -2.06. The Morgan fingerprint density at radius 1 is 1.45 bits per heavy atom. The molecule has 0 aliphatic rings. The first-order valence-corrected chi connectivity index (χ1v) is 9.07. The van der Waals surface area contributed by atoms with Gasteiger partial charge in [-0.25, -0.2) is 13.2 Å². The summed E-state index contributed by atoms with van der Waals surface area (Å²) in [7, 11) is -3.83. The van der Waals surface area contributed by atoms with Gasteiger partial charge in [0.15, 0.2) is 0 Å². The highest BCUT2D eigenvalue weighted by Crippen LogP contribution is 2.32. The topological polar surface area (TPSA) is 96.4 Å². The fourth-order valence-electron chi connectivity index (χ4n) is 1.57. The molecule has 2 heterocycles. The molecule has 20 heavy (non-hydrogen) atoms. The number of sulfonamides is 1. The van der Waals surface area contributed by atoms with Crippen LogP contribution < -0.4 is 4.72 Å². The van der Waals surface area contributed by atoms with Crippen molar-refractivity contribution >= 4 is 59.8 Å². The second kappa shape index (κ2) is 5.43. The fourth-order valence-corrected chi connectivity index (χ4v) is 6.06. The lowest BCUT2D eigenvalue weighted by molar-refractivity contribution is 0.0697. The predicted octanol–water partition coefficient (Wildman–Crippen LogP) is 3.08. The molecular formula is C10H9BrN2O4S3. The first-order valence-electron chi connectivity index (χ1n) is 5.20. The van der Waals surface area contributed by atoms with E-state index in [4.69, 9.17) is 5.11 Å². The van der Waals surface area contributed by atoms with Crippen molar-refractivity contribution in [3.05, 3.63) is 26.0 Å². The number of thiophene rings is 1. The maximum absolute atomic E-state index is 12.3. The van der Waals surface area contributed by atoms with Gasteiger partial charge in [0.1, 0.15) is 15.5 Å². The molecule has 0 radical (unpaired) electrons. The van der Waals surface area contributed by atoms with Crippen LogP contribution in [0.1, 0.15) is 20.9 Å². The van der Waals surface area contributed by atoms with Crippen molar-refractivity contribution in [2.45, 2.75) is 18.7 Å². The predicted molar refractivity (Wildman–Crippen MR) is 81.4 cm³/mol. The number of halogens is 1. The molecule has 2 aromatic heterocycles. The van der Waals surface area contributed by atoms with Crippen molar-refractivity contribution in [1.29, 1.82) is 0 Å². The standard InChI is InChI=1S/C10H9BrN2O4S3/c1-4-8(10(14)15)9(19-12-4)13-20(16,17)6-3-7(11)18-5(6)2/h3,13H,1-2H3,(H,14,15). The highest BCUT2D eigenvalue weighted by Gasteiger charge is 2.25. The zero-order chi connectivity index (χ0) is 15.1. The van der Waals surface area contributed by atoms with Gasteiger partial charge in [-0.2, -0.15) is 4.37 Å². The van der Waals surface area contributed by atoms with E-state index in [1.54, 1.807) is 6.92 Å². The smallest absolute Gasteiger partial charge is 0.340 e. The highest BCUT2D eigenvalue weighted by atomic mass is 79.9. The third kappa shape index (κ3) is 2.87. The molecule has 0 unspecified atom stereocenters. The van der Waals surface area contributed by atoms with Gasteiger partial charge in [0.2, 0.25) is 0 Å². The molecule has 0 amide bonds. The van der Waals surface area contributed by atoms with E-state index in [1.165, 1.54) is 24.3 Å². The summed E-state index contributed by atoms with van der Waals surface area (Å²) in [5.41, 5.74) is 0.161. The number of anilines is 1. The molecule has 2 rings (SSSR count). The number of carboxylic acids is 1. The zero-order valence-electron chi connectivity index (χ0n) is 10.3. The van der Waals surface area contributed by atoms with Crippen molar-refractivity contribution in [2.24, 2.45) is 0 Å². The van der Waals surface area contributed by atoms with Crippen LogP contribution in [0.2, 0.25) is 0 Å². The van der Waals surface area contributed by atoms with Crippen LogP contribution in [0, 0.1) is 13.8 Å². The van der Waals surface area contributed by atoms with Gasteiger partial charge in [-0.3, -0.25) is 4.72 Å². The van der Waals surface area contributed by atoms with E-state index in [0.29, 0.717) is 8.66 Å². The maximum Gasteiger partial charge on any atom is 0.340 e. The number of carboxylic acid groups (broad SMARTS) is 1. The van der Waals surface area contributed by atoms with Gasteiger partial charge in [-0.05, 0) is 47.4 Å². The van der Waals surface area contributed by atoms with Crippen LogP contribution in [0.3, 0.4) is 0 Å². The minimum absolute atomic E-state index is 0.0109. The van der Waals surface area contributed by atoms with E-state index >= 15 is 0 Å². The van der Waals surface area contributed by atoms with Crippen molar-refractivity contribution in [3.63, 3.8) is 0 Å².